The van der Waals surface area contributed by atoms with E-state index in [1.807, 2.05) is 0 Å². The maximum absolute atomic E-state index is 12.8. The van der Waals surface area contributed by atoms with Gasteiger partial charge in [0, 0.05) is 0 Å². The minimum atomic E-state index is -1.57. The Morgan fingerprint density at radius 2 is 1.81 bits per heavy atom. The Hall–Kier alpha value is -0.840. The lowest BCUT2D eigenvalue weighted by Gasteiger charge is -2.17. The first kappa shape index (κ1) is 13.2. The van der Waals surface area contributed by atoms with Crippen molar-refractivity contribution in [2.24, 2.45) is 0 Å². The third-order valence-corrected chi connectivity index (χ3v) is 2.40. The first-order valence-electron chi connectivity index (χ1n) is 4.40. The molecule has 1 rings (SSSR count). The fourth-order valence-corrected chi connectivity index (χ4v) is 1.48. The summed E-state index contributed by atoms with van der Waals surface area (Å²) >= 11 is 11.4. The van der Waals surface area contributed by atoms with Gasteiger partial charge >= 0.3 is 0 Å². The topological polar surface area (TPSA) is 49.3 Å². The van der Waals surface area contributed by atoms with E-state index in [0.29, 0.717) is 0 Å². The largest absolute Gasteiger partial charge is 0.381 e. The van der Waals surface area contributed by atoms with Crippen molar-refractivity contribution in [1.29, 1.82) is 0 Å². The summed E-state index contributed by atoms with van der Waals surface area (Å²) in [6.45, 7) is 2.63. The van der Waals surface area contributed by atoms with Crippen LogP contribution in [0.5, 0.6) is 0 Å². The molecule has 0 heterocycles. The van der Waals surface area contributed by atoms with Gasteiger partial charge < -0.3 is 10.4 Å². The van der Waals surface area contributed by atoms with Gasteiger partial charge in [0.15, 0.2) is 0 Å². The molecule has 0 aliphatic carbocycles. The summed E-state index contributed by atoms with van der Waals surface area (Å²) in [5.41, 5.74) is -1.49. The monoisotopic (exact) mass is 265 g/mol. The lowest BCUT2D eigenvalue weighted by atomic mass is 10.1. The summed E-state index contributed by atoms with van der Waals surface area (Å²) in [6, 6.07) is 2.04. The molecule has 0 saturated carbocycles. The Morgan fingerprint density at radius 1 is 1.38 bits per heavy atom. The van der Waals surface area contributed by atoms with E-state index in [-0.39, 0.29) is 15.7 Å². The van der Waals surface area contributed by atoms with E-state index in [9.17, 15) is 14.3 Å². The number of anilines is 1. The summed E-state index contributed by atoms with van der Waals surface area (Å²) in [5.74, 6) is -1.28. The molecule has 88 valence electrons. The summed E-state index contributed by atoms with van der Waals surface area (Å²) in [5, 5.41) is 11.7. The highest BCUT2D eigenvalue weighted by molar-refractivity contribution is 6.39. The normalized spacial score (nSPS) is 11.4. The van der Waals surface area contributed by atoms with E-state index in [1.54, 1.807) is 0 Å². The molecule has 0 unspecified atom stereocenters. The van der Waals surface area contributed by atoms with Crippen molar-refractivity contribution in [3.05, 3.63) is 28.0 Å². The van der Waals surface area contributed by atoms with Gasteiger partial charge in [-0.3, -0.25) is 4.79 Å². The van der Waals surface area contributed by atoms with E-state index in [0.717, 1.165) is 12.1 Å². The fourth-order valence-electron chi connectivity index (χ4n) is 0.928. The number of carbonyl (C=O) groups is 1. The second-order valence-electron chi connectivity index (χ2n) is 3.76. The van der Waals surface area contributed by atoms with Gasteiger partial charge in [-0.15, -0.1) is 0 Å². The highest BCUT2D eigenvalue weighted by atomic mass is 35.5. The van der Waals surface area contributed by atoms with Gasteiger partial charge in [0.1, 0.15) is 11.4 Å². The van der Waals surface area contributed by atoms with Crippen LogP contribution in [0.2, 0.25) is 10.0 Å². The second kappa shape index (κ2) is 4.57. The Balaban J connectivity index is 3.03. The van der Waals surface area contributed by atoms with Crippen molar-refractivity contribution in [2.45, 2.75) is 19.4 Å². The molecule has 0 aliphatic rings. The first-order valence-corrected chi connectivity index (χ1v) is 5.16. The maximum Gasteiger partial charge on any atom is 0.255 e. The van der Waals surface area contributed by atoms with Crippen LogP contribution in [0.4, 0.5) is 10.1 Å². The molecule has 0 atom stereocenters. The van der Waals surface area contributed by atoms with E-state index < -0.39 is 17.3 Å². The molecule has 0 bridgehead atoms. The van der Waals surface area contributed by atoms with Crippen molar-refractivity contribution in [2.75, 3.05) is 5.32 Å². The predicted octanol–water partition coefficient (Wildman–Crippen LogP) is 2.84. The number of hydrogen-bond donors (Lipinski definition) is 2. The molecule has 0 aliphatic heterocycles. The Bertz CT molecular complexity index is 406. The third kappa shape index (κ3) is 3.07. The zero-order chi connectivity index (χ0) is 12.5. The molecule has 3 nitrogen and oxygen atoms in total. The lowest BCUT2D eigenvalue weighted by Crippen LogP contribution is -2.36. The average molecular weight is 266 g/mol. The van der Waals surface area contributed by atoms with Crippen LogP contribution in [-0.2, 0) is 4.79 Å². The standard InChI is InChI=1S/C10H10Cl2FNO2/c1-10(2,16)9(15)14-8-6(11)3-5(13)4-7(8)12/h3-4,16H,1-2H3,(H,14,15). The molecule has 1 aromatic carbocycles. The van der Waals surface area contributed by atoms with E-state index >= 15 is 0 Å². The zero-order valence-electron chi connectivity index (χ0n) is 8.64. The van der Waals surface area contributed by atoms with Gasteiger partial charge in [-0.2, -0.15) is 0 Å². The van der Waals surface area contributed by atoms with Gasteiger partial charge in [-0.25, -0.2) is 4.39 Å². The summed E-state index contributed by atoms with van der Waals surface area (Å²) < 4.78 is 12.8. The van der Waals surface area contributed by atoms with Crippen molar-refractivity contribution in [3.63, 3.8) is 0 Å². The average Bonchev–Trinajstić information content (AvgIpc) is 2.08. The van der Waals surface area contributed by atoms with Crippen molar-refractivity contribution < 1.29 is 14.3 Å². The molecular formula is C10H10Cl2FNO2. The molecule has 1 amide bonds. The van der Waals surface area contributed by atoms with Crippen molar-refractivity contribution >= 4 is 34.8 Å². The third-order valence-electron chi connectivity index (χ3n) is 1.80. The molecule has 0 spiro atoms. The minimum Gasteiger partial charge on any atom is -0.381 e. The molecular weight excluding hydrogens is 256 g/mol. The summed E-state index contributed by atoms with van der Waals surface area (Å²) in [7, 11) is 0. The van der Waals surface area contributed by atoms with Crippen LogP contribution in [0.25, 0.3) is 0 Å². The SMILES string of the molecule is CC(C)(O)C(=O)Nc1c(Cl)cc(F)cc1Cl. The van der Waals surface area contributed by atoms with Crippen LogP contribution in [0.1, 0.15) is 13.8 Å². The number of nitrogens with one attached hydrogen (secondary N) is 1. The van der Waals surface area contributed by atoms with E-state index in [1.165, 1.54) is 13.8 Å². The molecule has 0 aromatic heterocycles. The Morgan fingerprint density at radius 3 is 2.19 bits per heavy atom. The molecule has 1 aromatic rings. The summed E-state index contributed by atoms with van der Waals surface area (Å²) in [6.07, 6.45) is 0. The predicted molar refractivity (Wildman–Crippen MR) is 61.3 cm³/mol. The van der Waals surface area contributed by atoms with Crippen LogP contribution in [0.3, 0.4) is 0 Å². The van der Waals surface area contributed by atoms with E-state index in [4.69, 9.17) is 23.2 Å². The number of rotatable bonds is 2. The first-order chi connectivity index (χ1) is 7.21. The van der Waals surface area contributed by atoms with Gasteiger partial charge in [0.2, 0.25) is 0 Å². The minimum absolute atomic E-state index is 0.0254. The van der Waals surface area contributed by atoms with E-state index in [2.05, 4.69) is 5.32 Å². The number of hydrogen-bond acceptors (Lipinski definition) is 2. The summed E-state index contributed by atoms with van der Waals surface area (Å²) in [4.78, 5) is 11.5. The lowest BCUT2D eigenvalue weighted by molar-refractivity contribution is -0.130. The molecule has 2 N–H and O–H groups in total. The van der Waals surface area contributed by atoms with Crippen LogP contribution in [0.15, 0.2) is 12.1 Å². The van der Waals surface area contributed by atoms with Gasteiger partial charge in [0.05, 0.1) is 15.7 Å². The Labute approximate surface area is 102 Å². The van der Waals surface area contributed by atoms with Crippen LogP contribution >= 0.6 is 23.2 Å². The van der Waals surface area contributed by atoms with Gasteiger partial charge in [0.25, 0.3) is 5.91 Å². The number of amides is 1. The highest BCUT2D eigenvalue weighted by Crippen LogP contribution is 2.31. The molecule has 0 radical (unpaired) electrons. The second-order valence-corrected chi connectivity index (χ2v) is 4.57. The Kier molecular flexibility index (Phi) is 3.78. The van der Waals surface area contributed by atoms with Crippen molar-refractivity contribution in [1.82, 2.24) is 0 Å². The van der Waals surface area contributed by atoms with Gasteiger partial charge in [-0.1, -0.05) is 23.2 Å². The zero-order valence-corrected chi connectivity index (χ0v) is 10.2. The van der Waals surface area contributed by atoms with Gasteiger partial charge in [-0.05, 0) is 26.0 Å². The van der Waals surface area contributed by atoms with Crippen LogP contribution in [-0.4, -0.2) is 16.6 Å². The fraction of sp³-hybridized carbons (Fsp3) is 0.300. The maximum atomic E-state index is 12.8. The number of benzene rings is 1. The number of halogens is 3. The number of aliphatic hydroxyl groups is 1. The highest BCUT2D eigenvalue weighted by Gasteiger charge is 2.25. The molecule has 0 fully saturated rings. The quantitative estimate of drug-likeness (QED) is 0.864. The molecule has 6 heteroatoms. The van der Waals surface area contributed by atoms with Crippen LogP contribution < -0.4 is 5.32 Å². The molecule has 16 heavy (non-hydrogen) atoms. The molecule has 0 saturated heterocycles. The van der Waals surface area contributed by atoms with Crippen LogP contribution in [0, 0.1) is 5.82 Å². The smallest absolute Gasteiger partial charge is 0.255 e. The van der Waals surface area contributed by atoms with Crippen molar-refractivity contribution in [3.8, 4) is 0 Å². The number of carbonyl (C=O) groups excluding carboxylic acids is 1.